The van der Waals surface area contributed by atoms with E-state index in [-0.39, 0.29) is 61.3 Å². The number of nitrogens with zero attached hydrogens (tertiary/aromatic N) is 4. The van der Waals surface area contributed by atoms with E-state index in [1.165, 1.54) is 4.57 Å². The van der Waals surface area contributed by atoms with Gasteiger partial charge in [-0.15, -0.1) is 0 Å². The van der Waals surface area contributed by atoms with Crippen molar-refractivity contribution in [3.8, 4) is 51.0 Å². The van der Waals surface area contributed by atoms with E-state index in [2.05, 4.69) is 24.3 Å². The first-order valence-corrected chi connectivity index (χ1v) is 15.9. The molecule has 0 radical (unpaired) electrons. The van der Waals surface area contributed by atoms with Gasteiger partial charge in [0.25, 0.3) is 0 Å². The summed E-state index contributed by atoms with van der Waals surface area (Å²) in [6.07, 6.45) is 0. The molecule has 3 heterocycles. The lowest BCUT2D eigenvalue weighted by molar-refractivity contribution is 0.669. The first kappa shape index (κ1) is 19.8. The highest BCUT2D eigenvalue weighted by Gasteiger charge is 2.22. The molecule has 0 spiro atoms. The molecule has 0 N–H and O–H groups in total. The average Bonchev–Trinajstić information content (AvgIpc) is 3.87. The van der Waals surface area contributed by atoms with Gasteiger partial charge in [0.15, 0.2) is 11.6 Å². The zero-order valence-electron chi connectivity index (χ0n) is 36.1. The van der Waals surface area contributed by atoms with E-state index in [4.69, 9.17) is 30.3 Å². The summed E-state index contributed by atoms with van der Waals surface area (Å²) in [5, 5.41) is -0.225. The highest BCUT2D eigenvalue weighted by Crippen LogP contribution is 2.40. The second-order valence-corrected chi connectivity index (χ2v) is 11.7. The molecule has 0 atom stereocenters. The third kappa shape index (κ3) is 4.60. The van der Waals surface area contributed by atoms with E-state index < -0.39 is 60.4 Å². The number of furan rings is 1. The molecule has 0 aliphatic carbocycles. The number of hydrogen-bond donors (Lipinski definition) is 0. The molecule has 0 aliphatic heterocycles. The molecular weight excluding hydrogens is 613 g/mol. The fourth-order valence-electron chi connectivity index (χ4n) is 6.44. The lowest BCUT2D eigenvalue weighted by Gasteiger charge is -2.12. The molecule has 5 nitrogen and oxygen atoms in total. The molecular formula is C45H28N4O. The van der Waals surface area contributed by atoms with Crippen molar-refractivity contribution in [2.45, 2.75) is 0 Å². The van der Waals surface area contributed by atoms with Crippen LogP contribution in [0.5, 0.6) is 0 Å². The fourth-order valence-corrected chi connectivity index (χ4v) is 6.44. The van der Waals surface area contributed by atoms with Crippen LogP contribution in [-0.4, -0.2) is 19.5 Å². The van der Waals surface area contributed by atoms with Crippen molar-refractivity contribution in [3.05, 3.63) is 170 Å². The van der Waals surface area contributed by atoms with Gasteiger partial charge < -0.3 is 4.42 Å². The average molecular weight is 651 g/mol. The molecule has 5 heteroatoms. The van der Waals surface area contributed by atoms with Gasteiger partial charge in [-0.2, -0.15) is 9.97 Å². The fraction of sp³-hybridized carbons (Fsp3) is 0. The molecule has 7 aromatic carbocycles. The Morgan fingerprint density at radius 1 is 0.460 bits per heavy atom. The van der Waals surface area contributed by atoms with Gasteiger partial charge in [-0.05, 0) is 52.5 Å². The van der Waals surface area contributed by atoms with Crippen molar-refractivity contribution in [2.24, 2.45) is 0 Å². The van der Waals surface area contributed by atoms with E-state index in [0.717, 1.165) is 22.3 Å². The van der Waals surface area contributed by atoms with Gasteiger partial charge in [-0.3, -0.25) is 4.57 Å². The Balaban J connectivity index is 1.29. The number of para-hydroxylation sites is 2. The van der Waals surface area contributed by atoms with Crippen molar-refractivity contribution in [1.82, 2.24) is 19.5 Å². The number of benzene rings is 7. The Morgan fingerprint density at radius 3 is 1.78 bits per heavy atom. The Kier molecular flexibility index (Phi) is 4.52. The van der Waals surface area contributed by atoms with Gasteiger partial charge in [0.05, 0.1) is 30.1 Å². The molecule has 10 rings (SSSR count). The van der Waals surface area contributed by atoms with Crippen LogP contribution in [0.4, 0.5) is 0 Å². The summed E-state index contributed by atoms with van der Waals surface area (Å²) in [5.74, 6) is 0.347. The lowest BCUT2D eigenvalue weighted by Crippen LogP contribution is -2.06. The van der Waals surface area contributed by atoms with Crippen LogP contribution in [0.25, 0.3) is 94.7 Å². The predicted molar refractivity (Wildman–Crippen MR) is 203 cm³/mol. The molecule has 3 aromatic heterocycles. The van der Waals surface area contributed by atoms with Crippen molar-refractivity contribution < 1.29 is 18.1 Å². The third-order valence-electron chi connectivity index (χ3n) is 8.78. The molecule has 0 unspecified atom stereocenters. The maximum Gasteiger partial charge on any atom is 0.238 e. The molecule has 10 aromatic rings. The molecule has 0 saturated carbocycles. The van der Waals surface area contributed by atoms with Gasteiger partial charge in [-0.25, -0.2) is 4.98 Å². The minimum Gasteiger partial charge on any atom is -0.456 e. The van der Waals surface area contributed by atoms with Crippen LogP contribution in [0, 0.1) is 0 Å². The van der Waals surface area contributed by atoms with Crippen molar-refractivity contribution >= 4 is 43.7 Å². The second kappa shape index (κ2) is 11.4. The van der Waals surface area contributed by atoms with Crippen molar-refractivity contribution in [3.63, 3.8) is 0 Å². The summed E-state index contributed by atoms with van der Waals surface area (Å²) < 4.78 is 95.8. The van der Waals surface area contributed by atoms with E-state index in [0.29, 0.717) is 11.1 Å². The summed E-state index contributed by atoms with van der Waals surface area (Å²) in [5.41, 5.74) is 4.76. The second-order valence-electron chi connectivity index (χ2n) is 11.7. The molecule has 234 valence electrons. The minimum atomic E-state index is -0.563. The topological polar surface area (TPSA) is 56.7 Å². The normalized spacial score (nSPS) is 14.4. The zero-order chi connectivity index (χ0) is 41.7. The van der Waals surface area contributed by atoms with Crippen LogP contribution in [0.3, 0.4) is 0 Å². The van der Waals surface area contributed by atoms with Gasteiger partial charge in [0.2, 0.25) is 5.95 Å². The Labute approximate surface area is 301 Å². The van der Waals surface area contributed by atoms with Gasteiger partial charge in [0.1, 0.15) is 11.2 Å². The molecule has 50 heavy (non-hydrogen) atoms. The Bertz CT molecular complexity index is 3430. The summed E-state index contributed by atoms with van der Waals surface area (Å²) in [6, 6.07) is 30.1. The molecule has 0 saturated heterocycles. The molecule has 0 amide bonds. The number of aromatic nitrogens is 4. The molecule has 0 bridgehead atoms. The van der Waals surface area contributed by atoms with Crippen molar-refractivity contribution in [1.29, 1.82) is 0 Å². The smallest absolute Gasteiger partial charge is 0.238 e. The van der Waals surface area contributed by atoms with Gasteiger partial charge in [0, 0.05) is 27.3 Å². The van der Waals surface area contributed by atoms with Gasteiger partial charge >= 0.3 is 0 Å². The maximum atomic E-state index is 9.26. The zero-order valence-corrected chi connectivity index (χ0v) is 26.1. The number of hydrogen-bond acceptors (Lipinski definition) is 4. The summed E-state index contributed by atoms with van der Waals surface area (Å²) in [6.45, 7) is 0. The van der Waals surface area contributed by atoms with Crippen LogP contribution in [0.1, 0.15) is 13.7 Å². The number of rotatable bonds is 5. The van der Waals surface area contributed by atoms with Crippen LogP contribution < -0.4 is 0 Å². The summed E-state index contributed by atoms with van der Waals surface area (Å²) in [4.78, 5) is 14.7. The first-order chi connectivity index (χ1) is 28.9. The van der Waals surface area contributed by atoms with Crippen molar-refractivity contribution in [2.75, 3.05) is 0 Å². The maximum absolute atomic E-state index is 9.26. The van der Waals surface area contributed by atoms with E-state index >= 15 is 0 Å². The standard InChI is InChI=1S/C45H28N4O/c1-3-12-29(13-4-1)33-16-11-17-34(28-33)30-22-24-32(25-23-30)44-46-43(31-14-5-2-6-15-31)47-45(48-44)49-38-20-9-7-18-35(38)36-26-27-40-41(42(36)49)37-19-8-10-21-39(37)50-40/h1-28H/i7D,8D,9D,10D,18D,19D,20D,21D,26D,27D. The SMILES string of the molecule is [2H]c1c([2H])c([2H])c2c(oc3c([2H])c([2H])c4c5c([2H])c([2H])c([2H])c([2H])c5n(-c5nc(-c6ccccc6)nc(-c6ccc(-c7cccc(-c8ccccc8)c7)cc6)n5)c4c32)c1[2H]. The van der Waals surface area contributed by atoms with Crippen LogP contribution in [0.2, 0.25) is 0 Å². The highest BCUT2D eigenvalue weighted by molar-refractivity contribution is 6.24. The summed E-state index contributed by atoms with van der Waals surface area (Å²) >= 11 is 0. The van der Waals surface area contributed by atoms with Crippen LogP contribution in [0.15, 0.2) is 174 Å². The van der Waals surface area contributed by atoms with Crippen LogP contribution >= 0.6 is 0 Å². The highest BCUT2D eigenvalue weighted by atomic mass is 16.3. The summed E-state index contributed by atoms with van der Waals surface area (Å²) in [7, 11) is 0. The van der Waals surface area contributed by atoms with E-state index in [9.17, 15) is 2.74 Å². The quantitative estimate of drug-likeness (QED) is 0.186. The lowest BCUT2D eigenvalue weighted by atomic mass is 9.98. The third-order valence-corrected chi connectivity index (χ3v) is 8.78. The largest absolute Gasteiger partial charge is 0.456 e. The Morgan fingerprint density at radius 2 is 1.04 bits per heavy atom. The van der Waals surface area contributed by atoms with E-state index in [1.807, 2.05) is 84.9 Å². The monoisotopic (exact) mass is 650 g/mol. The Hall–Kier alpha value is -6.85. The van der Waals surface area contributed by atoms with Crippen LogP contribution in [-0.2, 0) is 0 Å². The molecule has 0 fully saturated rings. The van der Waals surface area contributed by atoms with Gasteiger partial charge in [-0.1, -0.05) is 139 Å². The number of fused-ring (bicyclic) bond motifs is 7. The predicted octanol–water partition coefficient (Wildman–Crippen LogP) is 11.5. The minimum absolute atomic E-state index is 0.00590. The molecule has 0 aliphatic rings. The first-order valence-electron chi connectivity index (χ1n) is 20.9. The van der Waals surface area contributed by atoms with E-state index in [1.54, 1.807) is 0 Å².